The number of nitrogen functional groups attached to an aromatic ring is 1. The molecule has 0 unspecified atom stereocenters. The molecule has 0 spiro atoms. The third-order valence-corrected chi connectivity index (χ3v) is 4.06. The first-order valence-electron chi connectivity index (χ1n) is 7.68. The van der Waals surface area contributed by atoms with Gasteiger partial charge in [-0.15, -0.1) is 0 Å². The number of hydrogen-bond donors (Lipinski definition) is 3. The van der Waals surface area contributed by atoms with Crippen LogP contribution in [0.15, 0.2) is 0 Å². The van der Waals surface area contributed by atoms with Crippen molar-refractivity contribution in [3.8, 4) is 0 Å². The quantitative estimate of drug-likeness (QED) is 0.487. The SMILES string of the molecule is CN(CCNc1nc(NN)nc(N2CCCC2)n1)C1CC1. The van der Waals surface area contributed by atoms with E-state index in [-0.39, 0.29) is 0 Å². The summed E-state index contributed by atoms with van der Waals surface area (Å²) in [6.07, 6.45) is 5.02. The van der Waals surface area contributed by atoms with Crippen LogP contribution in [0, 0.1) is 0 Å². The fourth-order valence-electron chi connectivity index (χ4n) is 2.61. The molecular weight excluding hydrogens is 268 g/mol. The Balaban J connectivity index is 1.61. The lowest BCUT2D eigenvalue weighted by molar-refractivity contribution is 0.337. The van der Waals surface area contributed by atoms with Crippen molar-refractivity contribution in [2.75, 3.05) is 48.9 Å². The number of nitrogens with two attached hydrogens (primary N) is 1. The highest BCUT2D eigenvalue weighted by Crippen LogP contribution is 2.24. The Kier molecular flexibility index (Phi) is 4.35. The summed E-state index contributed by atoms with van der Waals surface area (Å²) in [6.45, 7) is 3.80. The van der Waals surface area contributed by atoms with E-state index < -0.39 is 0 Å². The lowest BCUT2D eigenvalue weighted by Crippen LogP contribution is -2.28. The summed E-state index contributed by atoms with van der Waals surface area (Å²) in [4.78, 5) is 17.6. The van der Waals surface area contributed by atoms with E-state index in [1.807, 2.05) is 0 Å². The summed E-state index contributed by atoms with van der Waals surface area (Å²) in [5, 5.41) is 3.27. The molecular formula is C13H24N8. The third kappa shape index (κ3) is 3.70. The molecule has 0 aromatic carbocycles. The molecule has 3 rings (SSSR count). The largest absolute Gasteiger partial charge is 0.353 e. The molecule has 1 aliphatic heterocycles. The van der Waals surface area contributed by atoms with Crippen molar-refractivity contribution >= 4 is 17.8 Å². The Morgan fingerprint density at radius 2 is 1.90 bits per heavy atom. The second kappa shape index (κ2) is 6.40. The van der Waals surface area contributed by atoms with Crippen LogP contribution < -0.4 is 21.5 Å². The van der Waals surface area contributed by atoms with E-state index in [2.05, 4.69) is 42.5 Å². The second-order valence-corrected chi connectivity index (χ2v) is 5.76. The first-order valence-corrected chi connectivity index (χ1v) is 7.68. The lowest BCUT2D eigenvalue weighted by atomic mass is 10.4. The predicted octanol–water partition coefficient (Wildman–Crippen LogP) is 0.264. The van der Waals surface area contributed by atoms with Crippen molar-refractivity contribution in [2.45, 2.75) is 31.7 Å². The van der Waals surface area contributed by atoms with Crippen LogP contribution >= 0.6 is 0 Å². The lowest BCUT2D eigenvalue weighted by Gasteiger charge is -2.18. The van der Waals surface area contributed by atoms with Crippen molar-refractivity contribution in [1.29, 1.82) is 0 Å². The van der Waals surface area contributed by atoms with Gasteiger partial charge in [0.2, 0.25) is 17.8 Å². The number of nitrogens with one attached hydrogen (secondary N) is 2. The van der Waals surface area contributed by atoms with Gasteiger partial charge in [-0.25, -0.2) is 5.84 Å². The van der Waals surface area contributed by atoms with Crippen LogP contribution in [-0.4, -0.2) is 59.1 Å². The zero-order chi connectivity index (χ0) is 14.7. The van der Waals surface area contributed by atoms with Crippen LogP contribution in [0.1, 0.15) is 25.7 Å². The second-order valence-electron chi connectivity index (χ2n) is 5.76. The molecule has 8 nitrogen and oxygen atoms in total. The maximum absolute atomic E-state index is 5.45. The number of rotatable bonds is 7. The topological polar surface area (TPSA) is 95.2 Å². The van der Waals surface area contributed by atoms with E-state index in [4.69, 9.17) is 5.84 Å². The van der Waals surface area contributed by atoms with Crippen molar-refractivity contribution < 1.29 is 0 Å². The average molecular weight is 292 g/mol. The van der Waals surface area contributed by atoms with Gasteiger partial charge in [0.25, 0.3) is 0 Å². The van der Waals surface area contributed by atoms with Crippen LogP contribution in [0.25, 0.3) is 0 Å². The van der Waals surface area contributed by atoms with Crippen molar-refractivity contribution in [3.63, 3.8) is 0 Å². The molecule has 21 heavy (non-hydrogen) atoms. The highest BCUT2D eigenvalue weighted by molar-refractivity contribution is 5.43. The fraction of sp³-hybridized carbons (Fsp3) is 0.769. The van der Waals surface area contributed by atoms with Gasteiger partial charge in [0, 0.05) is 32.2 Å². The van der Waals surface area contributed by atoms with Crippen LogP contribution in [0.2, 0.25) is 0 Å². The molecule has 1 aromatic rings. The molecule has 2 aliphatic rings. The van der Waals surface area contributed by atoms with Crippen LogP contribution in [0.3, 0.4) is 0 Å². The molecule has 1 aromatic heterocycles. The fourth-order valence-corrected chi connectivity index (χ4v) is 2.61. The van der Waals surface area contributed by atoms with E-state index in [0.717, 1.165) is 32.2 Å². The van der Waals surface area contributed by atoms with Crippen molar-refractivity contribution in [3.05, 3.63) is 0 Å². The number of likely N-dealkylation sites (N-methyl/N-ethyl adjacent to an activating group) is 1. The minimum atomic E-state index is 0.407. The third-order valence-electron chi connectivity index (χ3n) is 4.06. The smallest absolute Gasteiger partial charge is 0.243 e. The standard InChI is InChI=1S/C13H24N8/c1-20(10-4-5-10)9-6-15-11-16-12(19-14)18-13(17-11)21-7-2-3-8-21/h10H,2-9,14H2,1H3,(H2,15,16,17,18,19). The molecule has 1 aliphatic carbocycles. The van der Waals surface area contributed by atoms with Gasteiger partial charge in [-0.05, 0) is 32.7 Å². The minimum absolute atomic E-state index is 0.407. The first kappa shape index (κ1) is 14.3. The summed E-state index contributed by atoms with van der Waals surface area (Å²) in [7, 11) is 2.16. The summed E-state index contributed by atoms with van der Waals surface area (Å²) in [5.74, 6) is 7.15. The molecule has 0 atom stereocenters. The molecule has 8 heteroatoms. The monoisotopic (exact) mass is 292 g/mol. The number of hydrogen-bond acceptors (Lipinski definition) is 8. The van der Waals surface area contributed by atoms with Gasteiger partial charge in [0.1, 0.15) is 0 Å². The van der Waals surface area contributed by atoms with E-state index in [1.54, 1.807) is 0 Å². The van der Waals surface area contributed by atoms with Gasteiger partial charge in [-0.1, -0.05) is 0 Å². The van der Waals surface area contributed by atoms with Gasteiger partial charge >= 0.3 is 0 Å². The van der Waals surface area contributed by atoms with Crippen LogP contribution in [-0.2, 0) is 0 Å². The van der Waals surface area contributed by atoms with Gasteiger partial charge in [0.15, 0.2) is 0 Å². The first-order chi connectivity index (χ1) is 10.3. The van der Waals surface area contributed by atoms with Gasteiger partial charge in [-0.2, -0.15) is 15.0 Å². The maximum atomic E-state index is 5.45. The van der Waals surface area contributed by atoms with Gasteiger partial charge < -0.3 is 15.1 Å². The number of aromatic nitrogens is 3. The minimum Gasteiger partial charge on any atom is -0.353 e. The molecule has 1 saturated heterocycles. The van der Waals surface area contributed by atoms with Crippen molar-refractivity contribution in [2.24, 2.45) is 5.84 Å². The molecule has 1 saturated carbocycles. The normalized spacial score (nSPS) is 18.3. The zero-order valence-corrected chi connectivity index (χ0v) is 12.5. The molecule has 2 heterocycles. The summed E-state index contributed by atoms with van der Waals surface area (Å²) >= 11 is 0. The van der Waals surface area contributed by atoms with E-state index in [0.29, 0.717) is 17.8 Å². The molecule has 4 N–H and O–H groups in total. The van der Waals surface area contributed by atoms with Gasteiger partial charge in [-0.3, -0.25) is 5.43 Å². The summed E-state index contributed by atoms with van der Waals surface area (Å²) < 4.78 is 0. The highest BCUT2D eigenvalue weighted by Gasteiger charge is 2.25. The number of nitrogens with zero attached hydrogens (tertiary/aromatic N) is 5. The average Bonchev–Trinajstić information content (AvgIpc) is 3.21. The molecule has 0 amide bonds. The summed E-state index contributed by atoms with van der Waals surface area (Å²) in [5.41, 5.74) is 2.52. The number of anilines is 3. The van der Waals surface area contributed by atoms with E-state index >= 15 is 0 Å². The molecule has 2 fully saturated rings. The molecule has 0 bridgehead atoms. The Morgan fingerprint density at radius 3 is 2.57 bits per heavy atom. The Bertz CT molecular complexity index is 469. The number of hydrazine groups is 1. The van der Waals surface area contributed by atoms with Crippen LogP contribution in [0.5, 0.6) is 0 Å². The zero-order valence-electron chi connectivity index (χ0n) is 12.5. The Labute approximate surface area is 125 Å². The van der Waals surface area contributed by atoms with E-state index in [9.17, 15) is 0 Å². The molecule has 0 radical (unpaired) electrons. The van der Waals surface area contributed by atoms with Crippen molar-refractivity contribution in [1.82, 2.24) is 19.9 Å². The van der Waals surface area contributed by atoms with Gasteiger partial charge in [0.05, 0.1) is 0 Å². The summed E-state index contributed by atoms with van der Waals surface area (Å²) in [6, 6.07) is 0.770. The van der Waals surface area contributed by atoms with Crippen LogP contribution in [0.4, 0.5) is 17.8 Å². The Hall–Kier alpha value is -1.67. The highest BCUT2D eigenvalue weighted by atomic mass is 15.4. The predicted molar refractivity (Wildman–Crippen MR) is 83.2 cm³/mol. The molecule has 116 valence electrons. The Morgan fingerprint density at radius 1 is 1.19 bits per heavy atom. The maximum Gasteiger partial charge on any atom is 0.243 e. The van der Waals surface area contributed by atoms with E-state index in [1.165, 1.54) is 25.7 Å².